The van der Waals surface area contributed by atoms with Crippen LogP contribution in [0.4, 0.5) is 4.39 Å². The van der Waals surface area contributed by atoms with Gasteiger partial charge in [0.2, 0.25) is 0 Å². The van der Waals surface area contributed by atoms with Crippen LogP contribution in [0.1, 0.15) is 19.4 Å². The maximum atomic E-state index is 13.1. The monoisotopic (exact) mass is 215 g/mol. The van der Waals surface area contributed by atoms with Crippen molar-refractivity contribution in [3.63, 3.8) is 0 Å². The standard InChI is InChI=1S/C11H15ClFN/c1-11(2,13)8-14-7-9-4-3-5-10(12)6-9/h3-6,14H,7-8H2,1-2H3. The first-order chi connectivity index (χ1) is 6.47. The molecule has 78 valence electrons. The van der Waals surface area contributed by atoms with Gasteiger partial charge in [0, 0.05) is 18.1 Å². The highest BCUT2D eigenvalue weighted by atomic mass is 35.5. The molecule has 3 heteroatoms. The van der Waals surface area contributed by atoms with Crippen LogP contribution in [0.25, 0.3) is 0 Å². The van der Waals surface area contributed by atoms with E-state index in [1.165, 1.54) is 0 Å². The van der Waals surface area contributed by atoms with Gasteiger partial charge in [0.1, 0.15) is 5.67 Å². The summed E-state index contributed by atoms with van der Waals surface area (Å²) in [7, 11) is 0. The lowest BCUT2D eigenvalue weighted by Crippen LogP contribution is -2.30. The summed E-state index contributed by atoms with van der Waals surface area (Å²) >= 11 is 5.81. The molecule has 0 saturated carbocycles. The molecule has 0 aliphatic carbocycles. The topological polar surface area (TPSA) is 12.0 Å². The SMILES string of the molecule is CC(C)(F)CNCc1cccc(Cl)c1. The Bertz CT molecular complexity index is 294. The van der Waals surface area contributed by atoms with Crippen molar-refractivity contribution in [3.8, 4) is 0 Å². The fourth-order valence-electron chi connectivity index (χ4n) is 1.15. The zero-order valence-corrected chi connectivity index (χ0v) is 9.24. The van der Waals surface area contributed by atoms with Crippen LogP contribution >= 0.6 is 11.6 Å². The smallest absolute Gasteiger partial charge is 0.117 e. The van der Waals surface area contributed by atoms with Crippen LogP contribution in [-0.2, 0) is 6.54 Å². The summed E-state index contributed by atoms with van der Waals surface area (Å²) in [5.74, 6) is 0. The van der Waals surface area contributed by atoms with E-state index in [0.717, 1.165) is 5.56 Å². The lowest BCUT2D eigenvalue weighted by Gasteiger charge is -2.14. The van der Waals surface area contributed by atoms with E-state index in [1.54, 1.807) is 13.8 Å². The van der Waals surface area contributed by atoms with Gasteiger partial charge in [0.05, 0.1) is 0 Å². The molecule has 0 radical (unpaired) electrons. The zero-order valence-electron chi connectivity index (χ0n) is 8.48. The van der Waals surface area contributed by atoms with E-state index < -0.39 is 5.67 Å². The summed E-state index contributed by atoms with van der Waals surface area (Å²) in [4.78, 5) is 0. The van der Waals surface area contributed by atoms with Crippen molar-refractivity contribution in [3.05, 3.63) is 34.9 Å². The first kappa shape index (κ1) is 11.5. The van der Waals surface area contributed by atoms with Crippen molar-refractivity contribution in [2.75, 3.05) is 6.54 Å². The molecule has 0 atom stereocenters. The molecule has 0 heterocycles. The predicted molar refractivity (Wildman–Crippen MR) is 58.3 cm³/mol. The molecule has 1 N–H and O–H groups in total. The maximum Gasteiger partial charge on any atom is 0.117 e. The maximum absolute atomic E-state index is 13.1. The van der Waals surface area contributed by atoms with Crippen molar-refractivity contribution < 1.29 is 4.39 Å². The van der Waals surface area contributed by atoms with E-state index in [2.05, 4.69) is 5.32 Å². The normalized spacial score (nSPS) is 11.7. The summed E-state index contributed by atoms with van der Waals surface area (Å²) in [6.07, 6.45) is 0. The number of hydrogen-bond acceptors (Lipinski definition) is 1. The summed E-state index contributed by atoms with van der Waals surface area (Å²) in [6.45, 7) is 4.10. The number of alkyl halides is 1. The van der Waals surface area contributed by atoms with Crippen molar-refractivity contribution in [2.24, 2.45) is 0 Å². The largest absolute Gasteiger partial charge is 0.310 e. The summed E-state index contributed by atoms with van der Waals surface area (Å²) in [5.41, 5.74) is -0.0970. The van der Waals surface area contributed by atoms with Gasteiger partial charge in [0.25, 0.3) is 0 Å². The Balaban J connectivity index is 2.39. The van der Waals surface area contributed by atoms with Crippen molar-refractivity contribution >= 4 is 11.6 Å². The van der Waals surface area contributed by atoms with Crippen LogP contribution in [0.3, 0.4) is 0 Å². The van der Waals surface area contributed by atoms with Gasteiger partial charge in [-0.3, -0.25) is 0 Å². The van der Waals surface area contributed by atoms with Crippen molar-refractivity contribution in [1.29, 1.82) is 0 Å². The Kier molecular flexibility index (Phi) is 3.90. The Morgan fingerprint density at radius 1 is 1.43 bits per heavy atom. The Hall–Kier alpha value is -0.600. The summed E-state index contributed by atoms with van der Waals surface area (Å²) < 4.78 is 13.1. The predicted octanol–water partition coefficient (Wildman–Crippen LogP) is 3.18. The number of nitrogens with one attached hydrogen (secondary N) is 1. The second-order valence-corrected chi connectivity index (χ2v) is 4.39. The average molecular weight is 216 g/mol. The van der Waals surface area contributed by atoms with Gasteiger partial charge >= 0.3 is 0 Å². The van der Waals surface area contributed by atoms with Crippen LogP contribution in [0.15, 0.2) is 24.3 Å². The fourth-order valence-corrected chi connectivity index (χ4v) is 1.36. The third-order valence-corrected chi connectivity index (χ3v) is 2.00. The van der Waals surface area contributed by atoms with Gasteiger partial charge in [-0.1, -0.05) is 23.7 Å². The molecule has 1 nitrogen and oxygen atoms in total. The van der Waals surface area contributed by atoms with E-state index >= 15 is 0 Å². The molecule has 14 heavy (non-hydrogen) atoms. The van der Waals surface area contributed by atoms with Crippen LogP contribution in [0.2, 0.25) is 5.02 Å². The Labute approximate surface area is 89.3 Å². The minimum atomic E-state index is -1.17. The van der Waals surface area contributed by atoms with Crippen LogP contribution in [0.5, 0.6) is 0 Å². The molecule has 0 aliphatic rings. The van der Waals surface area contributed by atoms with Crippen LogP contribution in [-0.4, -0.2) is 12.2 Å². The third kappa shape index (κ3) is 4.58. The molecule has 0 fully saturated rings. The van der Waals surface area contributed by atoms with Gasteiger partial charge in [0.15, 0.2) is 0 Å². The quantitative estimate of drug-likeness (QED) is 0.814. The zero-order chi connectivity index (χ0) is 10.6. The molecule has 0 amide bonds. The van der Waals surface area contributed by atoms with E-state index in [1.807, 2.05) is 24.3 Å². The van der Waals surface area contributed by atoms with Crippen LogP contribution < -0.4 is 5.32 Å². The van der Waals surface area contributed by atoms with Crippen molar-refractivity contribution in [2.45, 2.75) is 26.1 Å². The molecule has 0 unspecified atom stereocenters. The number of rotatable bonds is 4. The molecule has 0 aromatic heterocycles. The first-order valence-corrected chi connectivity index (χ1v) is 4.99. The van der Waals surface area contributed by atoms with Gasteiger partial charge < -0.3 is 5.32 Å². The average Bonchev–Trinajstić information content (AvgIpc) is 2.01. The van der Waals surface area contributed by atoms with E-state index in [-0.39, 0.29) is 0 Å². The van der Waals surface area contributed by atoms with Gasteiger partial charge in [-0.15, -0.1) is 0 Å². The molecule has 1 aromatic carbocycles. The molecular formula is C11H15ClFN. The highest BCUT2D eigenvalue weighted by Gasteiger charge is 2.13. The third-order valence-electron chi connectivity index (χ3n) is 1.76. The molecule has 0 saturated heterocycles. The fraction of sp³-hybridized carbons (Fsp3) is 0.455. The molecule has 1 aromatic rings. The number of halogens is 2. The minimum absolute atomic E-state index is 0.347. The summed E-state index contributed by atoms with van der Waals surface area (Å²) in [5, 5.41) is 3.75. The van der Waals surface area contributed by atoms with Gasteiger partial charge in [-0.2, -0.15) is 0 Å². The summed E-state index contributed by atoms with van der Waals surface area (Å²) in [6, 6.07) is 7.55. The van der Waals surface area contributed by atoms with Crippen molar-refractivity contribution in [1.82, 2.24) is 5.32 Å². The molecule has 1 rings (SSSR count). The van der Waals surface area contributed by atoms with E-state index in [4.69, 9.17) is 11.6 Å². The Morgan fingerprint density at radius 3 is 2.71 bits per heavy atom. The van der Waals surface area contributed by atoms with E-state index in [9.17, 15) is 4.39 Å². The number of hydrogen-bond donors (Lipinski definition) is 1. The second-order valence-electron chi connectivity index (χ2n) is 3.95. The molecule has 0 bridgehead atoms. The molecule has 0 spiro atoms. The van der Waals surface area contributed by atoms with Gasteiger partial charge in [-0.05, 0) is 31.5 Å². The van der Waals surface area contributed by atoms with E-state index in [0.29, 0.717) is 18.1 Å². The minimum Gasteiger partial charge on any atom is -0.310 e. The van der Waals surface area contributed by atoms with Gasteiger partial charge in [-0.25, -0.2) is 4.39 Å². The highest BCUT2D eigenvalue weighted by molar-refractivity contribution is 6.30. The lowest BCUT2D eigenvalue weighted by molar-refractivity contribution is 0.210. The molecular weight excluding hydrogens is 201 g/mol. The first-order valence-electron chi connectivity index (χ1n) is 4.61. The highest BCUT2D eigenvalue weighted by Crippen LogP contribution is 2.11. The van der Waals surface area contributed by atoms with Crippen LogP contribution in [0, 0.1) is 0 Å². The molecule has 0 aliphatic heterocycles. The number of benzene rings is 1. The second kappa shape index (κ2) is 4.76. The lowest BCUT2D eigenvalue weighted by atomic mass is 10.1. The Morgan fingerprint density at radius 2 is 2.14 bits per heavy atom.